The van der Waals surface area contributed by atoms with Crippen LogP contribution in [0.1, 0.15) is 64.7 Å². The van der Waals surface area contributed by atoms with E-state index in [1.54, 1.807) is 51.1 Å². The van der Waals surface area contributed by atoms with E-state index in [-0.39, 0.29) is 31.7 Å². The molecule has 0 bridgehead atoms. The van der Waals surface area contributed by atoms with Crippen LogP contribution in [0.5, 0.6) is 0 Å². The second-order valence-electron chi connectivity index (χ2n) is 13.8. The molecule has 11 heteroatoms. The molecule has 1 aliphatic rings. The molecule has 0 fully saturated rings. The molecule has 0 saturated carbocycles. The zero-order chi connectivity index (χ0) is 35.6. The van der Waals surface area contributed by atoms with Gasteiger partial charge in [0.25, 0.3) is 0 Å². The first kappa shape index (κ1) is 38.2. The lowest BCUT2D eigenvalue weighted by Crippen LogP contribution is -2.51. The molecule has 0 unspecified atom stereocenters. The number of hydrogen-bond acceptors (Lipinski definition) is 9. The topological polar surface area (TPSA) is 154 Å². The molecule has 2 aromatic rings. The first-order valence-electron chi connectivity index (χ1n) is 16.4. The molecule has 0 spiro atoms. The second-order valence-corrected chi connectivity index (χ2v) is 13.8. The Kier molecular flexibility index (Phi) is 13.7. The van der Waals surface area contributed by atoms with E-state index in [9.17, 15) is 29.4 Å². The van der Waals surface area contributed by atoms with Crippen LogP contribution in [0.15, 0.2) is 66.7 Å². The smallest absolute Gasteiger partial charge is 0.347 e. The summed E-state index contributed by atoms with van der Waals surface area (Å²) in [6, 6.07) is 15.3. The Morgan fingerprint density at radius 2 is 1.58 bits per heavy atom. The van der Waals surface area contributed by atoms with Crippen molar-refractivity contribution in [2.24, 2.45) is 17.3 Å². The molecule has 1 aliphatic heterocycles. The third kappa shape index (κ3) is 10.9. The maximum atomic E-state index is 13.5. The molecule has 0 saturated heterocycles. The van der Waals surface area contributed by atoms with Crippen LogP contribution in [-0.2, 0) is 35.1 Å². The first-order chi connectivity index (χ1) is 22.6. The minimum absolute atomic E-state index is 0.00437. The number of rotatable bonds is 9. The van der Waals surface area contributed by atoms with Crippen molar-refractivity contribution >= 4 is 29.4 Å². The van der Waals surface area contributed by atoms with Gasteiger partial charge in [0.15, 0.2) is 6.10 Å². The lowest BCUT2D eigenvalue weighted by molar-refractivity contribution is -0.181. The third-order valence-corrected chi connectivity index (χ3v) is 8.48. The maximum Gasteiger partial charge on any atom is 0.347 e. The van der Waals surface area contributed by atoms with Gasteiger partial charge in [-0.15, -0.1) is 0 Å². The van der Waals surface area contributed by atoms with Gasteiger partial charge in [-0.1, -0.05) is 69.3 Å². The van der Waals surface area contributed by atoms with Crippen LogP contribution >= 0.6 is 0 Å². The molecule has 48 heavy (non-hydrogen) atoms. The summed E-state index contributed by atoms with van der Waals surface area (Å²) >= 11 is 0. The number of hydrogen-bond donors (Lipinski definition) is 4. The van der Waals surface area contributed by atoms with Gasteiger partial charge in [-0.3, -0.25) is 14.4 Å². The molecule has 0 aromatic heterocycles. The maximum absolute atomic E-state index is 13.5. The summed E-state index contributed by atoms with van der Waals surface area (Å²) in [6.45, 7) is 8.47. The van der Waals surface area contributed by atoms with E-state index in [0.29, 0.717) is 5.56 Å². The number of nitrogens with zero attached hydrogens (tertiary/aromatic N) is 1. The third-order valence-electron chi connectivity index (χ3n) is 8.48. The van der Waals surface area contributed by atoms with Crippen LogP contribution in [0.3, 0.4) is 0 Å². The molecule has 0 aliphatic carbocycles. The largest absolute Gasteiger partial charge is 0.459 e. The predicted molar refractivity (Wildman–Crippen MR) is 183 cm³/mol. The van der Waals surface area contributed by atoms with Crippen molar-refractivity contribution in [3.05, 3.63) is 77.9 Å². The van der Waals surface area contributed by atoms with Gasteiger partial charge in [0.2, 0.25) is 11.8 Å². The Morgan fingerprint density at radius 1 is 0.938 bits per heavy atom. The predicted octanol–water partition coefficient (Wildman–Crippen LogP) is 3.48. The van der Waals surface area contributed by atoms with Crippen molar-refractivity contribution in [2.75, 3.05) is 25.5 Å². The number of anilines is 1. The molecule has 1 heterocycles. The fraction of sp³-hybridized carbons (Fsp3) is 0.514. The van der Waals surface area contributed by atoms with Crippen LogP contribution in [0.25, 0.3) is 0 Å². The summed E-state index contributed by atoms with van der Waals surface area (Å²) in [7, 11) is 3.85. The highest BCUT2D eigenvalue weighted by molar-refractivity contribution is 5.93. The molecule has 6 atom stereocenters. The highest BCUT2D eigenvalue weighted by Crippen LogP contribution is 2.28. The van der Waals surface area contributed by atoms with Gasteiger partial charge in [-0.05, 0) is 55.5 Å². The molecular weight excluding hydrogens is 614 g/mol. The van der Waals surface area contributed by atoms with Gasteiger partial charge in [0.1, 0.15) is 18.2 Å². The van der Waals surface area contributed by atoms with Gasteiger partial charge in [0.05, 0.1) is 11.5 Å². The van der Waals surface area contributed by atoms with Crippen LogP contribution in [0.4, 0.5) is 5.69 Å². The summed E-state index contributed by atoms with van der Waals surface area (Å²) in [5.74, 6) is -3.38. The zero-order valence-electron chi connectivity index (χ0n) is 29.0. The number of amides is 2. The van der Waals surface area contributed by atoms with E-state index in [1.165, 1.54) is 12.2 Å². The van der Waals surface area contributed by atoms with Gasteiger partial charge in [-0.25, -0.2) is 4.79 Å². The summed E-state index contributed by atoms with van der Waals surface area (Å²) < 4.78 is 11.6. The van der Waals surface area contributed by atoms with Crippen LogP contribution in [-0.4, -0.2) is 79.0 Å². The van der Waals surface area contributed by atoms with Crippen molar-refractivity contribution in [1.82, 2.24) is 10.6 Å². The highest BCUT2D eigenvalue weighted by Gasteiger charge is 2.38. The SMILES string of the molecule is CC(C)C[C@@H]1OC(=O)C(C)(C)CNC(=O)[C@@H](Cc2ccc(N(C)C)cc2)NC(=O)/C=C/C[C@@H]([C@H](C)[C@@H](O)[C@H](O)c2ccccc2)OC1=O. The number of esters is 2. The van der Waals surface area contributed by atoms with E-state index in [1.807, 2.05) is 57.1 Å². The van der Waals surface area contributed by atoms with Gasteiger partial charge in [0, 0.05) is 45.1 Å². The summed E-state index contributed by atoms with van der Waals surface area (Å²) in [4.78, 5) is 55.5. The first-order valence-corrected chi connectivity index (χ1v) is 16.4. The Labute approximate surface area is 283 Å². The average Bonchev–Trinajstić information content (AvgIpc) is 3.05. The number of carbonyl (C=O) groups excluding carboxylic acids is 4. The quantitative estimate of drug-likeness (QED) is 0.295. The van der Waals surface area contributed by atoms with E-state index >= 15 is 0 Å². The fourth-order valence-corrected chi connectivity index (χ4v) is 5.27. The normalized spacial score (nSPS) is 23.6. The van der Waals surface area contributed by atoms with Crippen molar-refractivity contribution in [3.8, 4) is 0 Å². The lowest BCUT2D eigenvalue weighted by Gasteiger charge is -2.32. The number of aliphatic hydroxyl groups excluding tert-OH is 2. The molecule has 4 N–H and O–H groups in total. The fourth-order valence-electron chi connectivity index (χ4n) is 5.27. The molecule has 3 rings (SSSR count). The van der Waals surface area contributed by atoms with Crippen LogP contribution in [0.2, 0.25) is 0 Å². The Morgan fingerprint density at radius 3 is 2.19 bits per heavy atom. The molecular formula is C37H51N3O8. The van der Waals surface area contributed by atoms with Crippen molar-refractivity contribution in [2.45, 2.75) is 84.3 Å². The van der Waals surface area contributed by atoms with Gasteiger partial charge in [-0.2, -0.15) is 0 Å². The molecule has 0 radical (unpaired) electrons. The molecule has 2 aromatic carbocycles. The minimum Gasteiger partial charge on any atom is -0.459 e. The summed E-state index contributed by atoms with van der Waals surface area (Å²) in [5, 5.41) is 27.6. The van der Waals surface area contributed by atoms with Gasteiger partial charge < -0.3 is 35.2 Å². The minimum atomic E-state index is -1.34. The number of carbonyl (C=O) groups is 4. The monoisotopic (exact) mass is 665 g/mol. The number of aliphatic hydroxyl groups is 2. The number of cyclic esters (lactones) is 2. The highest BCUT2D eigenvalue weighted by atomic mass is 16.6. The van der Waals surface area contributed by atoms with Crippen molar-refractivity contribution in [3.63, 3.8) is 0 Å². The van der Waals surface area contributed by atoms with Crippen LogP contribution < -0.4 is 15.5 Å². The second kappa shape index (κ2) is 17.3. The van der Waals surface area contributed by atoms with Crippen LogP contribution in [0, 0.1) is 17.3 Å². The Hall–Kier alpha value is -4.22. The van der Waals surface area contributed by atoms with E-state index in [4.69, 9.17) is 9.47 Å². The average molecular weight is 666 g/mol. The summed E-state index contributed by atoms with van der Waals surface area (Å²) in [5.41, 5.74) is 1.06. The number of nitrogens with one attached hydrogen (secondary N) is 2. The molecule has 2 amide bonds. The van der Waals surface area contributed by atoms with E-state index < -0.39 is 65.5 Å². The molecule has 262 valence electrons. The summed E-state index contributed by atoms with van der Waals surface area (Å²) in [6.07, 6.45) is -1.75. The van der Waals surface area contributed by atoms with E-state index in [0.717, 1.165) is 11.3 Å². The van der Waals surface area contributed by atoms with Crippen molar-refractivity contribution in [1.29, 1.82) is 0 Å². The Balaban J connectivity index is 1.94. The standard InChI is InChI=1S/C37H51N3O8/c1-23(2)20-30-35(45)47-29(24(3)32(42)33(43)26-12-9-8-10-13-26)14-11-15-31(41)39-28(21-25-16-18-27(19-17-25)40(6)7)34(44)38-22-37(4,5)36(46)48-30/h8-13,15-19,23-24,28-30,32-33,42-43H,14,20-22H2,1-7H3,(H,38,44)(H,39,41)/b15-11+/t24-,28+,29-,30-,32+,33+/m0/s1. The van der Waals surface area contributed by atoms with E-state index in [2.05, 4.69) is 10.6 Å². The van der Waals surface area contributed by atoms with Gasteiger partial charge >= 0.3 is 11.9 Å². The Bertz CT molecular complexity index is 1410. The number of ether oxygens (including phenoxy) is 2. The number of benzene rings is 2. The molecule has 11 nitrogen and oxygen atoms in total. The van der Waals surface area contributed by atoms with Crippen molar-refractivity contribution < 1.29 is 38.9 Å². The lowest BCUT2D eigenvalue weighted by atomic mass is 9.89. The zero-order valence-corrected chi connectivity index (χ0v) is 29.0.